The maximum absolute atomic E-state index is 12.1. The molecule has 1 heterocycles. The van der Waals surface area contributed by atoms with Gasteiger partial charge in [-0.25, -0.2) is 0 Å². The van der Waals surface area contributed by atoms with Crippen LogP contribution >= 0.6 is 0 Å². The minimum absolute atomic E-state index is 0.256. The molecule has 0 saturated heterocycles. The van der Waals surface area contributed by atoms with E-state index in [4.69, 9.17) is 9.47 Å². The van der Waals surface area contributed by atoms with E-state index in [0.29, 0.717) is 22.7 Å². The number of pyridine rings is 1. The Balaban J connectivity index is 2.28. The Morgan fingerprint density at radius 2 is 1.81 bits per heavy atom. The normalized spacial score (nSPS) is 10.0. The molecule has 21 heavy (non-hydrogen) atoms. The van der Waals surface area contributed by atoms with Gasteiger partial charge in [0.15, 0.2) is 11.5 Å². The molecule has 1 amide bonds. The number of rotatable bonds is 4. The van der Waals surface area contributed by atoms with Crippen LogP contribution < -0.4 is 20.3 Å². The summed E-state index contributed by atoms with van der Waals surface area (Å²) in [6.45, 7) is 1.85. The molecule has 0 bridgehead atoms. The Kier molecular flexibility index (Phi) is 4.27. The summed E-state index contributed by atoms with van der Waals surface area (Å²) >= 11 is 0. The van der Waals surface area contributed by atoms with Crippen LogP contribution in [0, 0.1) is 6.92 Å². The van der Waals surface area contributed by atoms with Gasteiger partial charge in [-0.15, -0.1) is 0 Å². The fourth-order valence-electron chi connectivity index (χ4n) is 1.86. The number of nitrogens with one attached hydrogen (secondary N) is 2. The molecule has 0 fully saturated rings. The zero-order chi connectivity index (χ0) is 15.4. The predicted molar refractivity (Wildman–Crippen MR) is 79.3 cm³/mol. The topological polar surface area (TPSA) is 80.4 Å². The van der Waals surface area contributed by atoms with Crippen molar-refractivity contribution in [2.45, 2.75) is 6.92 Å². The molecule has 6 heteroatoms. The SMILES string of the molecule is COc1cc(C)c(NC(=O)c2ccc(=O)[nH]c2)cc1OC. The number of hydrogen-bond acceptors (Lipinski definition) is 4. The van der Waals surface area contributed by atoms with E-state index in [1.54, 1.807) is 19.2 Å². The summed E-state index contributed by atoms with van der Waals surface area (Å²) in [7, 11) is 3.08. The Bertz CT molecular complexity index is 702. The van der Waals surface area contributed by atoms with Crippen molar-refractivity contribution >= 4 is 11.6 Å². The molecule has 1 aromatic carbocycles. The molecule has 2 aromatic rings. The Morgan fingerprint density at radius 1 is 1.14 bits per heavy atom. The first-order chi connectivity index (χ1) is 10.0. The van der Waals surface area contributed by atoms with Crippen molar-refractivity contribution in [1.29, 1.82) is 0 Å². The third-order valence-electron chi connectivity index (χ3n) is 3.03. The average Bonchev–Trinajstić information content (AvgIpc) is 2.49. The summed E-state index contributed by atoms with van der Waals surface area (Å²) in [5.41, 5.74) is 1.56. The monoisotopic (exact) mass is 288 g/mol. The molecule has 2 rings (SSSR count). The lowest BCUT2D eigenvalue weighted by Crippen LogP contribution is -2.15. The van der Waals surface area contributed by atoms with E-state index in [1.807, 2.05) is 6.92 Å². The van der Waals surface area contributed by atoms with E-state index in [-0.39, 0.29) is 11.5 Å². The van der Waals surface area contributed by atoms with Crippen LogP contribution in [0.5, 0.6) is 11.5 Å². The molecule has 2 N–H and O–H groups in total. The third kappa shape index (κ3) is 3.22. The van der Waals surface area contributed by atoms with Crippen LogP contribution in [-0.4, -0.2) is 25.1 Å². The van der Waals surface area contributed by atoms with Crippen molar-refractivity contribution < 1.29 is 14.3 Å². The number of carbonyl (C=O) groups is 1. The second-order valence-corrected chi connectivity index (χ2v) is 4.42. The highest BCUT2D eigenvalue weighted by Gasteiger charge is 2.12. The van der Waals surface area contributed by atoms with Crippen molar-refractivity contribution in [1.82, 2.24) is 4.98 Å². The molecule has 0 unspecified atom stereocenters. The number of aromatic nitrogens is 1. The lowest BCUT2D eigenvalue weighted by Gasteiger charge is -2.13. The lowest BCUT2D eigenvalue weighted by atomic mass is 10.1. The van der Waals surface area contributed by atoms with Gasteiger partial charge in [0, 0.05) is 24.0 Å². The van der Waals surface area contributed by atoms with Crippen molar-refractivity contribution in [2.24, 2.45) is 0 Å². The van der Waals surface area contributed by atoms with Crippen LogP contribution in [0.25, 0.3) is 0 Å². The largest absolute Gasteiger partial charge is 0.493 e. The van der Waals surface area contributed by atoms with Gasteiger partial charge in [0.1, 0.15) is 0 Å². The molecule has 0 saturated carbocycles. The lowest BCUT2D eigenvalue weighted by molar-refractivity contribution is 0.102. The van der Waals surface area contributed by atoms with E-state index in [1.165, 1.54) is 25.4 Å². The molecule has 0 aliphatic carbocycles. The number of aromatic amines is 1. The fourth-order valence-corrected chi connectivity index (χ4v) is 1.86. The minimum Gasteiger partial charge on any atom is -0.493 e. The molecule has 0 aliphatic rings. The number of anilines is 1. The summed E-state index contributed by atoms with van der Waals surface area (Å²) < 4.78 is 10.4. The van der Waals surface area contributed by atoms with E-state index in [2.05, 4.69) is 10.3 Å². The van der Waals surface area contributed by atoms with Crippen molar-refractivity contribution in [3.8, 4) is 11.5 Å². The van der Waals surface area contributed by atoms with Crippen LogP contribution in [0.15, 0.2) is 35.3 Å². The van der Waals surface area contributed by atoms with Gasteiger partial charge in [-0.1, -0.05) is 0 Å². The second-order valence-electron chi connectivity index (χ2n) is 4.42. The Labute approximate surface area is 121 Å². The molecule has 6 nitrogen and oxygen atoms in total. The zero-order valence-corrected chi connectivity index (χ0v) is 12.0. The first-order valence-corrected chi connectivity index (χ1v) is 6.28. The molecular weight excluding hydrogens is 272 g/mol. The molecule has 0 aliphatic heterocycles. The van der Waals surface area contributed by atoms with Crippen LogP contribution in [-0.2, 0) is 0 Å². The van der Waals surface area contributed by atoms with Crippen molar-refractivity contribution in [3.63, 3.8) is 0 Å². The van der Waals surface area contributed by atoms with Gasteiger partial charge in [-0.2, -0.15) is 0 Å². The Morgan fingerprint density at radius 3 is 2.38 bits per heavy atom. The zero-order valence-electron chi connectivity index (χ0n) is 12.0. The minimum atomic E-state index is -0.318. The standard InChI is InChI=1S/C15H16N2O4/c1-9-6-12(20-2)13(21-3)7-11(9)17-15(19)10-4-5-14(18)16-8-10/h4-8H,1-3H3,(H,16,18)(H,17,19). The van der Waals surface area contributed by atoms with Crippen LogP contribution in [0.4, 0.5) is 5.69 Å². The van der Waals surface area contributed by atoms with Gasteiger partial charge in [-0.3, -0.25) is 9.59 Å². The molecule has 0 spiro atoms. The number of amides is 1. The number of benzene rings is 1. The number of carbonyl (C=O) groups excluding carboxylic acids is 1. The van der Waals surface area contributed by atoms with Crippen LogP contribution in [0.1, 0.15) is 15.9 Å². The molecular formula is C15H16N2O4. The van der Waals surface area contributed by atoms with Crippen molar-refractivity contribution in [3.05, 3.63) is 51.9 Å². The number of ether oxygens (including phenoxy) is 2. The summed E-state index contributed by atoms with van der Waals surface area (Å²) in [5.74, 6) is 0.804. The van der Waals surface area contributed by atoms with Crippen LogP contribution in [0.2, 0.25) is 0 Å². The maximum atomic E-state index is 12.1. The van der Waals surface area contributed by atoms with Gasteiger partial charge in [0.05, 0.1) is 19.8 Å². The highest BCUT2D eigenvalue weighted by molar-refractivity contribution is 6.04. The van der Waals surface area contributed by atoms with E-state index < -0.39 is 0 Å². The third-order valence-corrected chi connectivity index (χ3v) is 3.03. The highest BCUT2D eigenvalue weighted by Crippen LogP contribution is 2.33. The molecule has 0 radical (unpaired) electrons. The summed E-state index contributed by atoms with van der Waals surface area (Å²) in [6, 6.07) is 6.24. The number of H-pyrrole nitrogens is 1. The smallest absolute Gasteiger partial charge is 0.257 e. The Hall–Kier alpha value is -2.76. The van der Waals surface area contributed by atoms with Crippen molar-refractivity contribution in [2.75, 3.05) is 19.5 Å². The van der Waals surface area contributed by atoms with E-state index in [9.17, 15) is 9.59 Å². The van der Waals surface area contributed by atoms with Gasteiger partial charge < -0.3 is 19.8 Å². The second kappa shape index (κ2) is 6.13. The van der Waals surface area contributed by atoms with E-state index in [0.717, 1.165) is 5.56 Å². The fraction of sp³-hybridized carbons (Fsp3) is 0.200. The molecule has 0 atom stereocenters. The summed E-state index contributed by atoms with van der Waals surface area (Å²) in [4.78, 5) is 25.6. The van der Waals surface area contributed by atoms with E-state index >= 15 is 0 Å². The summed E-state index contributed by atoms with van der Waals surface area (Å²) in [6.07, 6.45) is 1.37. The first kappa shape index (κ1) is 14.6. The number of hydrogen-bond donors (Lipinski definition) is 2. The number of aryl methyl sites for hydroxylation is 1. The maximum Gasteiger partial charge on any atom is 0.257 e. The van der Waals surface area contributed by atoms with Gasteiger partial charge in [0.2, 0.25) is 5.56 Å². The highest BCUT2D eigenvalue weighted by atomic mass is 16.5. The molecule has 1 aromatic heterocycles. The van der Waals surface area contributed by atoms with Gasteiger partial charge >= 0.3 is 0 Å². The van der Waals surface area contributed by atoms with Gasteiger partial charge in [-0.05, 0) is 24.6 Å². The predicted octanol–water partition coefficient (Wildman–Crippen LogP) is 1.95. The number of methoxy groups -OCH3 is 2. The molecule has 110 valence electrons. The van der Waals surface area contributed by atoms with Gasteiger partial charge in [0.25, 0.3) is 5.91 Å². The summed E-state index contributed by atoms with van der Waals surface area (Å²) in [5, 5.41) is 2.78. The van der Waals surface area contributed by atoms with Crippen LogP contribution in [0.3, 0.4) is 0 Å². The quantitative estimate of drug-likeness (QED) is 0.901. The first-order valence-electron chi connectivity index (χ1n) is 6.28. The average molecular weight is 288 g/mol.